The van der Waals surface area contributed by atoms with E-state index in [9.17, 15) is 0 Å². The van der Waals surface area contributed by atoms with Gasteiger partial charge in [-0.15, -0.1) is 0 Å². The summed E-state index contributed by atoms with van der Waals surface area (Å²) in [6, 6.07) is 2.05. The van der Waals surface area contributed by atoms with Gasteiger partial charge in [-0.3, -0.25) is 5.10 Å². The average molecular weight is 167 g/mol. The summed E-state index contributed by atoms with van der Waals surface area (Å²) in [5, 5.41) is 7.07. The molecule has 0 fully saturated rings. The highest BCUT2D eigenvalue weighted by molar-refractivity contribution is 5.40. The number of aromatic amines is 1. The zero-order chi connectivity index (χ0) is 9.35. The second kappa shape index (κ2) is 2.81. The summed E-state index contributed by atoms with van der Waals surface area (Å²) in [7, 11) is 2.06. The molecule has 0 aliphatic heterocycles. The number of H-pyrrole nitrogens is 1. The van der Waals surface area contributed by atoms with E-state index in [-0.39, 0.29) is 5.54 Å². The molecule has 1 aromatic rings. The van der Waals surface area contributed by atoms with Gasteiger partial charge in [0.15, 0.2) is 0 Å². The third-order valence-corrected chi connectivity index (χ3v) is 2.06. The molecule has 3 heteroatoms. The number of rotatable bonds is 1. The standard InChI is InChI=1S/C9H17N3/c1-7-6-8(11-10-7)12(5)9(2,3)4/h6H,1-5H3,(H,10,11). The molecule has 68 valence electrons. The minimum atomic E-state index is 0.138. The van der Waals surface area contributed by atoms with Crippen molar-refractivity contribution in [2.24, 2.45) is 0 Å². The van der Waals surface area contributed by atoms with E-state index in [1.807, 2.05) is 13.0 Å². The van der Waals surface area contributed by atoms with Gasteiger partial charge in [0.2, 0.25) is 0 Å². The van der Waals surface area contributed by atoms with E-state index in [1.165, 1.54) is 0 Å². The largest absolute Gasteiger partial charge is 0.355 e. The van der Waals surface area contributed by atoms with Crippen LogP contribution in [0, 0.1) is 6.92 Å². The van der Waals surface area contributed by atoms with E-state index in [2.05, 4.69) is 42.9 Å². The Labute approximate surface area is 73.8 Å². The molecular weight excluding hydrogens is 150 g/mol. The molecule has 12 heavy (non-hydrogen) atoms. The lowest BCUT2D eigenvalue weighted by Crippen LogP contribution is -2.38. The second-order valence-corrected chi connectivity index (χ2v) is 4.12. The van der Waals surface area contributed by atoms with Crippen molar-refractivity contribution in [1.82, 2.24) is 10.2 Å². The van der Waals surface area contributed by atoms with Crippen LogP contribution in [0.5, 0.6) is 0 Å². The first-order valence-corrected chi connectivity index (χ1v) is 4.17. The fourth-order valence-electron chi connectivity index (χ4n) is 0.941. The third kappa shape index (κ3) is 1.78. The molecule has 3 nitrogen and oxygen atoms in total. The molecule has 0 saturated heterocycles. The van der Waals surface area contributed by atoms with Crippen LogP contribution < -0.4 is 4.90 Å². The van der Waals surface area contributed by atoms with Crippen molar-refractivity contribution in [3.63, 3.8) is 0 Å². The van der Waals surface area contributed by atoms with Gasteiger partial charge in [0.05, 0.1) is 5.69 Å². The van der Waals surface area contributed by atoms with Crippen molar-refractivity contribution in [3.8, 4) is 0 Å². The first-order chi connectivity index (χ1) is 5.41. The lowest BCUT2D eigenvalue weighted by Gasteiger charge is -2.32. The molecule has 0 amide bonds. The van der Waals surface area contributed by atoms with Gasteiger partial charge in [-0.05, 0) is 27.7 Å². The molecule has 0 bridgehead atoms. The van der Waals surface area contributed by atoms with Gasteiger partial charge in [-0.2, -0.15) is 5.10 Å². The maximum Gasteiger partial charge on any atom is 0.124 e. The van der Waals surface area contributed by atoms with Crippen molar-refractivity contribution in [2.75, 3.05) is 11.9 Å². The number of aryl methyl sites for hydroxylation is 1. The molecule has 1 heterocycles. The van der Waals surface area contributed by atoms with Crippen molar-refractivity contribution in [1.29, 1.82) is 0 Å². The van der Waals surface area contributed by atoms with Crippen LogP contribution >= 0.6 is 0 Å². The van der Waals surface area contributed by atoms with Gasteiger partial charge in [-0.1, -0.05) is 0 Å². The topological polar surface area (TPSA) is 31.9 Å². The monoisotopic (exact) mass is 167 g/mol. The van der Waals surface area contributed by atoms with Crippen molar-refractivity contribution < 1.29 is 0 Å². The van der Waals surface area contributed by atoms with Gasteiger partial charge in [0.1, 0.15) is 5.82 Å². The van der Waals surface area contributed by atoms with Gasteiger partial charge < -0.3 is 4.90 Å². The zero-order valence-electron chi connectivity index (χ0n) is 8.47. The first-order valence-electron chi connectivity index (χ1n) is 4.17. The van der Waals surface area contributed by atoms with Crippen LogP contribution in [-0.2, 0) is 0 Å². The van der Waals surface area contributed by atoms with Crippen LogP contribution in [0.25, 0.3) is 0 Å². The summed E-state index contributed by atoms with van der Waals surface area (Å²) in [5.74, 6) is 1.07. The summed E-state index contributed by atoms with van der Waals surface area (Å²) in [4.78, 5) is 2.17. The number of hydrogen-bond donors (Lipinski definition) is 1. The smallest absolute Gasteiger partial charge is 0.124 e. The van der Waals surface area contributed by atoms with Crippen LogP contribution in [0.3, 0.4) is 0 Å². The Balaban J connectivity index is 2.85. The Morgan fingerprint density at radius 2 is 2.00 bits per heavy atom. The summed E-state index contributed by atoms with van der Waals surface area (Å²) >= 11 is 0. The van der Waals surface area contributed by atoms with Crippen molar-refractivity contribution in [3.05, 3.63) is 11.8 Å². The zero-order valence-corrected chi connectivity index (χ0v) is 8.47. The van der Waals surface area contributed by atoms with Crippen LogP contribution in [0.4, 0.5) is 5.82 Å². The lowest BCUT2D eigenvalue weighted by molar-refractivity contribution is 0.533. The minimum Gasteiger partial charge on any atom is -0.355 e. The Hall–Kier alpha value is -0.990. The molecule has 0 atom stereocenters. The van der Waals surface area contributed by atoms with Crippen LogP contribution in [0.1, 0.15) is 26.5 Å². The Bertz CT molecular complexity index is 257. The molecule has 1 rings (SSSR count). The molecule has 1 N–H and O–H groups in total. The average Bonchev–Trinajstić information content (AvgIpc) is 2.32. The molecule has 1 aromatic heterocycles. The van der Waals surface area contributed by atoms with E-state index in [0.29, 0.717) is 0 Å². The predicted molar refractivity (Wildman–Crippen MR) is 51.5 cm³/mol. The fraction of sp³-hybridized carbons (Fsp3) is 0.667. The molecule has 0 aliphatic carbocycles. The van der Waals surface area contributed by atoms with E-state index in [0.717, 1.165) is 11.5 Å². The van der Waals surface area contributed by atoms with E-state index in [1.54, 1.807) is 0 Å². The highest BCUT2D eigenvalue weighted by Gasteiger charge is 2.18. The van der Waals surface area contributed by atoms with E-state index < -0.39 is 0 Å². The molecule has 0 aliphatic rings. The van der Waals surface area contributed by atoms with Gasteiger partial charge in [-0.25, -0.2) is 0 Å². The van der Waals surface area contributed by atoms with Crippen molar-refractivity contribution >= 4 is 5.82 Å². The van der Waals surface area contributed by atoms with Crippen LogP contribution in [0.2, 0.25) is 0 Å². The minimum absolute atomic E-state index is 0.138. The number of anilines is 1. The number of nitrogens with zero attached hydrogens (tertiary/aromatic N) is 2. The van der Waals surface area contributed by atoms with Crippen LogP contribution in [-0.4, -0.2) is 22.8 Å². The highest BCUT2D eigenvalue weighted by atomic mass is 15.3. The summed E-state index contributed by atoms with van der Waals surface area (Å²) < 4.78 is 0. The summed E-state index contributed by atoms with van der Waals surface area (Å²) in [5.41, 5.74) is 1.17. The Kier molecular flexibility index (Phi) is 2.13. The van der Waals surface area contributed by atoms with Crippen LogP contribution in [0.15, 0.2) is 6.07 Å². The molecular formula is C9H17N3. The SMILES string of the molecule is Cc1cc(N(C)C(C)(C)C)[nH]n1. The van der Waals surface area contributed by atoms with E-state index in [4.69, 9.17) is 0 Å². The third-order valence-electron chi connectivity index (χ3n) is 2.06. The summed E-state index contributed by atoms with van der Waals surface area (Å²) in [6.07, 6.45) is 0. The molecule has 0 aromatic carbocycles. The fourth-order valence-corrected chi connectivity index (χ4v) is 0.941. The molecule has 0 radical (unpaired) electrons. The number of aromatic nitrogens is 2. The van der Waals surface area contributed by atoms with Gasteiger partial charge in [0, 0.05) is 18.7 Å². The highest BCUT2D eigenvalue weighted by Crippen LogP contribution is 2.19. The predicted octanol–water partition coefficient (Wildman–Crippen LogP) is 1.95. The molecule has 0 saturated carbocycles. The quantitative estimate of drug-likeness (QED) is 0.693. The Morgan fingerprint density at radius 3 is 2.33 bits per heavy atom. The second-order valence-electron chi connectivity index (χ2n) is 4.12. The lowest BCUT2D eigenvalue weighted by atomic mass is 10.1. The van der Waals surface area contributed by atoms with E-state index >= 15 is 0 Å². The van der Waals surface area contributed by atoms with Crippen molar-refractivity contribution in [2.45, 2.75) is 33.2 Å². The van der Waals surface area contributed by atoms with Gasteiger partial charge in [0.25, 0.3) is 0 Å². The maximum absolute atomic E-state index is 4.08. The Morgan fingerprint density at radius 1 is 1.42 bits per heavy atom. The first kappa shape index (κ1) is 9.10. The maximum atomic E-state index is 4.08. The number of hydrogen-bond acceptors (Lipinski definition) is 2. The van der Waals surface area contributed by atoms with Gasteiger partial charge >= 0.3 is 0 Å². The number of nitrogens with one attached hydrogen (secondary N) is 1. The molecule has 0 spiro atoms. The normalized spacial score (nSPS) is 11.8. The molecule has 0 unspecified atom stereocenters. The summed E-state index contributed by atoms with van der Waals surface area (Å²) in [6.45, 7) is 8.49.